The molecule has 13 heteroatoms. The predicted molar refractivity (Wildman–Crippen MR) is 199 cm³/mol. The van der Waals surface area contributed by atoms with Crippen LogP contribution in [-0.4, -0.2) is 25.6 Å². The van der Waals surface area contributed by atoms with Crippen LogP contribution in [0.1, 0.15) is 25.0 Å². The van der Waals surface area contributed by atoms with E-state index in [0.717, 1.165) is 27.2 Å². The van der Waals surface area contributed by atoms with Crippen LogP contribution in [0.3, 0.4) is 0 Å². The molecule has 0 bridgehead atoms. The maximum atomic E-state index is 12.7. The van der Waals surface area contributed by atoms with Crippen LogP contribution in [0.2, 0.25) is 0 Å². The molecule has 0 saturated heterocycles. The number of fused-ring (bicyclic) bond motifs is 2. The van der Waals surface area contributed by atoms with Gasteiger partial charge >= 0.3 is 69.7 Å². The van der Waals surface area contributed by atoms with Crippen LogP contribution in [0.4, 0.5) is 0 Å². The van der Waals surface area contributed by atoms with E-state index in [-0.39, 0.29) is 64.0 Å². The zero-order valence-corrected chi connectivity index (χ0v) is 36.3. The predicted octanol–water partition coefficient (Wildman–Crippen LogP) is -0.657. The first-order valence-corrected chi connectivity index (χ1v) is 20.5. The van der Waals surface area contributed by atoms with Gasteiger partial charge in [-0.1, -0.05) is 148 Å². The number of benzene rings is 6. The van der Waals surface area contributed by atoms with Crippen LogP contribution >= 0.6 is 15.8 Å². The van der Waals surface area contributed by atoms with Crippen molar-refractivity contribution in [2.45, 2.75) is 24.2 Å². The molecule has 1 aliphatic rings. The van der Waals surface area contributed by atoms with Crippen molar-refractivity contribution in [3.63, 3.8) is 0 Å². The zero-order valence-electron chi connectivity index (χ0n) is 28.9. The Morgan fingerprint density at radius 3 is 1.35 bits per heavy atom. The van der Waals surface area contributed by atoms with Crippen molar-refractivity contribution in [2.24, 2.45) is 0 Å². The van der Waals surface area contributed by atoms with Crippen molar-refractivity contribution in [3.8, 4) is 11.5 Å². The van der Waals surface area contributed by atoms with E-state index in [1.807, 2.05) is 60.7 Å². The fraction of sp³-hybridized carbons (Fsp3) is 0.0769. The van der Waals surface area contributed by atoms with Crippen molar-refractivity contribution in [2.75, 3.05) is 0 Å². The Labute approximate surface area is 352 Å². The average Bonchev–Trinajstić information content (AvgIpc) is 3.10. The summed E-state index contributed by atoms with van der Waals surface area (Å²) in [7, 11) is -10.2. The van der Waals surface area contributed by atoms with Crippen LogP contribution < -0.4 is 95.7 Å². The van der Waals surface area contributed by atoms with Gasteiger partial charge in [0, 0.05) is 11.1 Å². The van der Waals surface area contributed by atoms with Gasteiger partial charge in [0.25, 0.3) is 0 Å². The minimum atomic E-state index is -4.78. The Morgan fingerprint density at radius 2 is 0.962 bits per heavy atom. The van der Waals surface area contributed by atoms with Crippen molar-refractivity contribution >= 4 is 68.4 Å². The van der Waals surface area contributed by atoms with Gasteiger partial charge in [-0.05, 0) is 52.3 Å². The second kappa shape index (κ2) is 18.2. The molecule has 7 rings (SSSR count). The summed E-state index contributed by atoms with van der Waals surface area (Å²) in [5.41, 5.74) is 0.862. The van der Waals surface area contributed by atoms with Gasteiger partial charge in [-0.15, -0.1) is 18.2 Å². The summed E-state index contributed by atoms with van der Waals surface area (Å²) in [6.45, 7) is 4.13. The van der Waals surface area contributed by atoms with Gasteiger partial charge in [-0.25, -0.2) is 8.42 Å². The fourth-order valence-electron chi connectivity index (χ4n) is 6.09. The smallest absolute Gasteiger partial charge is 0.744 e. The third kappa shape index (κ3) is 9.23. The third-order valence-electron chi connectivity index (χ3n) is 8.35. The first-order valence-electron chi connectivity index (χ1n) is 15.4. The molecule has 0 N–H and O–H groups in total. The monoisotopic (exact) mass is 782 g/mol. The van der Waals surface area contributed by atoms with E-state index >= 15 is 0 Å². The van der Waals surface area contributed by atoms with Crippen molar-refractivity contribution in [1.29, 1.82) is 0 Å². The molecule has 252 valence electrons. The number of hydrogen-bond acceptors (Lipinski definition) is 7. The molecule has 0 aromatic heterocycles. The average molecular weight is 783 g/mol. The normalized spacial score (nSPS) is 12.5. The molecule has 1 aliphatic heterocycles. The molecule has 0 radical (unpaired) electrons. The van der Waals surface area contributed by atoms with Crippen LogP contribution in [0.5, 0.6) is 11.5 Å². The maximum Gasteiger partial charge on any atom is 1.00 e. The molecule has 0 spiro atoms. The van der Waals surface area contributed by atoms with Gasteiger partial charge in [0.15, 0.2) is 0 Å². The summed E-state index contributed by atoms with van der Waals surface area (Å²) in [6, 6.07) is 51.3. The summed E-state index contributed by atoms with van der Waals surface area (Å²) in [6.07, 6.45) is 0. The molecule has 0 saturated carbocycles. The van der Waals surface area contributed by atoms with Gasteiger partial charge < -0.3 is 9.29 Å². The Hall–Kier alpha value is -2.49. The van der Waals surface area contributed by atoms with Gasteiger partial charge in [0.05, 0.1) is 4.90 Å². The van der Waals surface area contributed by atoms with Gasteiger partial charge in [-0.3, -0.25) is 0 Å². The van der Waals surface area contributed by atoms with E-state index in [9.17, 15) is 13.0 Å². The molecule has 7 nitrogen and oxygen atoms in total. The van der Waals surface area contributed by atoms with Crippen LogP contribution in [0.15, 0.2) is 150 Å². The van der Waals surface area contributed by atoms with E-state index in [1.54, 1.807) is 6.07 Å². The van der Waals surface area contributed by atoms with Crippen LogP contribution in [0.25, 0.3) is 0 Å². The number of rotatable bonds is 7. The van der Waals surface area contributed by atoms with E-state index in [2.05, 4.69) is 92.7 Å². The fourth-order valence-corrected chi connectivity index (χ4v) is 11.5. The molecule has 0 amide bonds. The SMILES string of the molecule is CC1(C)c2c[c-]cc(P(c3ccccc3)c3ccccc3)c2Oc2c(P(c3ccccc3)c3ccccc3)cc(S(=O)(=O)[O-])cc21.O=S(=O)=O.[Na+].[Na+]. The first kappa shape index (κ1) is 42.3. The molecule has 6 aromatic rings. The molecule has 1 heterocycles. The molecular weight excluding hydrogens is 752 g/mol. The first-order chi connectivity index (χ1) is 24.0. The molecule has 0 aliphatic carbocycles. The standard InChI is InChI=1S/C39H31O4P2S.2Na.O3S/c1-39(2)33-24-15-25-35(44(28-16-7-3-8-17-28)29-18-9-4-10-19-29)37(33)43-38-34(39)26-32(46(40,41)42)27-36(38)45(30-20-11-5-12-21-30)31-22-13-6-14-23-31;;;1-4(2)3/h3-14,16-27H,1-2H3,(H,40,41,42);;;/q-1;2*+1;/p-1. The van der Waals surface area contributed by atoms with E-state index < -0.39 is 42.0 Å². The zero-order chi connectivity index (χ0) is 35.5. The van der Waals surface area contributed by atoms with Crippen LogP contribution in [0, 0.1) is 6.07 Å². The Kier molecular flexibility index (Phi) is 14.8. The third-order valence-corrected chi connectivity index (χ3v) is 14.0. The molecule has 0 unspecified atom stereocenters. The van der Waals surface area contributed by atoms with Gasteiger partial charge in [-0.2, -0.15) is 18.2 Å². The van der Waals surface area contributed by atoms with Crippen molar-refractivity contribution < 1.29 is 89.4 Å². The second-order valence-corrected chi connectivity index (χ2v) is 18.0. The minimum absolute atomic E-state index is 0. The molecule has 52 heavy (non-hydrogen) atoms. The molecular formula is C39H30Na2O7P2S2. The van der Waals surface area contributed by atoms with Crippen molar-refractivity contribution in [1.82, 2.24) is 0 Å². The summed E-state index contributed by atoms with van der Waals surface area (Å²) in [5, 5.41) is 6.13. The Bertz CT molecular complexity index is 2280. The quantitative estimate of drug-likeness (QED) is 0.0915. The number of ether oxygens (including phenoxy) is 1. The Balaban J connectivity index is 0.000000960. The van der Waals surface area contributed by atoms with E-state index in [1.165, 1.54) is 16.7 Å². The van der Waals surface area contributed by atoms with Crippen LogP contribution in [-0.2, 0) is 26.1 Å². The van der Waals surface area contributed by atoms with Gasteiger partial charge in [0.1, 0.15) is 15.9 Å². The summed E-state index contributed by atoms with van der Waals surface area (Å²) in [5.74, 6) is 1.36. The maximum absolute atomic E-state index is 12.7. The van der Waals surface area contributed by atoms with E-state index in [0.29, 0.717) is 16.6 Å². The summed E-state index contributed by atoms with van der Waals surface area (Å²) in [4.78, 5) is -0.253. The minimum Gasteiger partial charge on any atom is -0.744 e. The number of hydrogen-bond donors (Lipinski definition) is 0. The van der Waals surface area contributed by atoms with Gasteiger partial charge in [0.2, 0.25) is 0 Å². The summed E-state index contributed by atoms with van der Waals surface area (Å²) < 4.78 is 70.5. The largest absolute Gasteiger partial charge is 1.00 e. The Morgan fingerprint density at radius 1 is 0.596 bits per heavy atom. The second-order valence-electron chi connectivity index (χ2n) is 11.8. The topological polar surface area (TPSA) is 118 Å². The molecule has 0 atom stereocenters. The summed E-state index contributed by atoms with van der Waals surface area (Å²) >= 11 is 0. The molecule has 0 fully saturated rings. The van der Waals surface area contributed by atoms with E-state index in [4.69, 9.17) is 17.4 Å². The molecule has 6 aromatic carbocycles. The van der Waals surface area contributed by atoms with Crippen molar-refractivity contribution in [3.05, 3.63) is 163 Å².